The summed E-state index contributed by atoms with van der Waals surface area (Å²) >= 11 is 1.50. The molecule has 0 radical (unpaired) electrons. The molecule has 110 valence electrons. The van der Waals surface area contributed by atoms with Gasteiger partial charge < -0.3 is 15.7 Å². The van der Waals surface area contributed by atoms with E-state index in [1.807, 2.05) is 47.2 Å². The van der Waals surface area contributed by atoms with E-state index in [0.717, 1.165) is 11.1 Å². The van der Waals surface area contributed by atoms with Crippen LogP contribution in [-0.4, -0.2) is 23.1 Å². The van der Waals surface area contributed by atoms with Crippen molar-refractivity contribution in [2.75, 3.05) is 0 Å². The van der Waals surface area contributed by atoms with Crippen LogP contribution in [-0.2, 0) is 17.8 Å². The zero-order valence-corrected chi connectivity index (χ0v) is 12.1. The molecule has 0 bridgehead atoms. The second-order valence-electron chi connectivity index (χ2n) is 4.54. The summed E-state index contributed by atoms with van der Waals surface area (Å²) < 4.78 is 0. The van der Waals surface area contributed by atoms with E-state index >= 15 is 0 Å². The van der Waals surface area contributed by atoms with Gasteiger partial charge in [0.1, 0.15) is 6.04 Å². The van der Waals surface area contributed by atoms with Gasteiger partial charge in [0.05, 0.1) is 0 Å². The van der Waals surface area contributed by atoms with Gasteiger partial charge in [-0.15, -0.1) is 0 Å². The highest BCUT2D eigenvalue weighted by Crippen LogP contribution is 2.09. The van der Waals surface area contributed by atoms with E-state index in [4.69, 9.17) is 5.11 Å². The Morgan fingerprint density at radius 3 is 2.52 bits per heavy atom. The molecule has 1 atom stereocenters. The summed E-state index contributed by atoms with van der Waals surface area (Å²) in [5, 5.41) is 18.1. The topological polar surface area (TPSA) is 78.4 Å². The number of carbonyl (C=O) groups is 2. The average molecular weight is 304 g/mol. The fourth-order valence-electron chi connectivity index (χ4n) is 1.83. The molecule has 6 heteroatoms. The summed E-state index contributed by atoms with van der Waals surface area (Å²) in [6.45, 7) is 0.359. The lowest BCUT2D eigenvalue weighted by Gasteiger charge is -2.14. The minimum Gasteiger partial charge on any atom is -0.480 e. The fraction of sp³-hybridized carbons (Fsp3) is 0.200. The molecule has 0 aliphatic heterocycles. The number of carboxylic acid groups (broad SMARTS) is 1. The second kappa shape index (κ2) is 7.44. The Balaban J connectivity index is 1.85. The lowest BCUT2D eigenvalue weighted by atomic mass is 10.1. The third-order valence-corrected chi connectivity index (χ3v) is 3.65. The molecule has 1 heterocycles. The van der Waals surface area contributed by atoms with Crippen LogP contribution in [0.3, 0.4) is 0 Å². The third kappa shape index (κ3) is 4.92. The Bertz CT molecular complexity index is 584. The number of carboxylic acids is 1. The van der Waals surface area contributed by atoms with Crippen molar-refractivity contribution >= 4 is 23.3 Å². The van der Waals surface area contributed by atoms with Crippen LogP contribution in [0.25, 0.3) is 0 Å². The van der Waals surface area contributed by atoms with Crippen molar-refractivity contribution in [1.29, 1.82) is 0 Å². The Hall–Kier alpha value is -2.34. The Labute approximate surface area is 126 Å². The highest BCUT2D eigenvalue weighted by atomic mass is 32.1. The van der Waals surface area contributed by atoms with E-state index in [9.17, 15) is 9.59 Å². The Morgan fingerprint density at radius 1 is 1.14 bits per heavy atom. The van der Waals surface area contributed by atoms with Crippen molar-refractivity contribution in [2.45, 2.75) is 19.0 Å². The maximum atomic E-state index is 11.8. The lowest BCUT2D eigenvalue weighted by Crippen LogP contribution is -2.46. The van der Waals surface area contributed by atoms with Crippen molar-refractivity contribution in [2.24, 2.45) is 0 Å². The number of carbonyl (C=O) groups excluding carboxylic acids is 1. The second-order valence-corrected chi connectivity index (χ2v) is 5.32. The molecule has 0 fully saturated rings. The predicted molar refractivity (Wildman–Crippen MR) is 81.3 cm³/mol. The molecule has 2 amide bonds. The fourth-order valence-corrected chi connectivity index (χ4v) is 2.51. The highest BCUT2D eigenvalue weighted by molar-refractivity contribution is 7.07. The van der Waals surface area contributed by atoms with Gasteiger partial charge >= 0.3 is 12.0 Å². The molecule has 1 aromatic carbocycles. The number of amides is 2. The first-order valence-corrected chi connectivity index (χ1v) is 7.41. The molecule has 0 aliphatic carbocycles. The molecular formula is C15H16N2O3S. The zero-order chi connectivity index (χ0) is 15.1. The van der Waals surface area contributed by atoms with E-state index in [-0.39, 0.29) is 6.42 Å². The predicted octanol–water partition coefficient (Wildman–Crippen LogP) is 2.24. The van der Waals surface area contributed by atoms with E-state index in [1.54, 1.807) is 0 Å². The van der Waals surface area contributed by atoms with Gasteiger partial charge in [-0.05, 0) is 28.0 Å². The van der Waals surface area contributed by atoms with Crippen LogP contribution in [0.4, 0.5) is 4.79 Å². The number of urea groups is 1. The van der Waals surface area contributed by atoms with Gasteiger partial charge in [-0.3, -0.25) is 0 Å². The quantitative estimate of drug-likeness (QED) is 0.766. The number of hydrogen-bond donors (Lipinski definition) is 3. The first-order valence-electron chi connectivity index (χ1n) is 6.47. The van der Waals surface area contributed by atoms with Crippen molar-refractivity contribution in [3.63, 3.8) is 0 Å². The maximum absolute atomic E-state index is 11.8. The number of rotatable bonds is 6. The number of benzene rings is 1. The van der Waals surface area contributed by atoms with Gasteiger partial charge in [0.15, 0.2) is 0 Å². The Morgan fingerprint density at radius 2 is 1.90 bits per heavy atom. The van der Waals surface area contributed by atoms with Gasteiger partial charge in [-0.2, -0.15) is 11.3 Å². The van der Waals surface area contributed by atoms with Crippen molar-refractivity contribution in [1.82, 2.24) is 10.6 Å². The molecule has 21 heavy (non-hydrogen) atoms. The molecule has 1 aromatic heterocycles. The first-order chi connectivity index (χ1) is 10.1. The maximum Gasteiger partial charge on any atom is 0.326 e. The summed E-state index contributed by atoms with van der Waals surface area (Å²) in [5.74, 6) is -1.05. The van der Waals surface area contributed by atoms with Crippen LogP contribution in [0.2, 0.25) is 0 Å². The van der Waals surface area contributed by atoms with E-state index < -0.39 is 18.0 Å². The van der Waals surface area contributed by atoms with Crippen LogP contribution < -0.4 is 10.6 Å². The van der Waals surface area contributed by atoms with Gasteiger partial charge in [0, 0.05) is 13.0 Å². The van der Waals surface area contributed by atoms with E-state index in [1.165, 1.54) is 11.3 Å². The lowest BCUT2D eigenvalue weighted by molar-refractivity contribution is -0.139. The molecule has 1 unspecified atom stereocenters. The number of nitrogens with one attached hydrogen (secondary N) is 2. The number of thiophene rings is 1. The number of aliphatic carboxylic acids is 1. The van der Waals surface area contributed by atoms with Crippen LogP contribution in [0.5, 0.6) is 0 Å². The van der Waals surface area contributed by atoms with Gasteiger partial charge in [-0.1, -0.05) is 30.3 Å². The molecule has 2 aromatic rings. The molecule has 0 spiro atoms. The molecule has 2 rings (SSSR count). The molecule has 5 nitrogen and oxygen atoms in total. The SMILES string of the molecule is O=C(NCc1ccccc1)NC(Cc1ccsc1)C(=O)O. The van der Waals surface area contributed by atoms with Crippen LogP contribution in [0.1, 0.15) is 11.1 Å². The smallest absolute Gasteiger partial charge is 0.326 e. The summed E-state index contributed by atoms with van der Waals surface area (Å²) in [5.41, 5.74) is 1.85. The molecule has 0 saturated carbocycles. The van der Waals surface area contributed by atoms with Crippen LogP contribution in [0, 0.1) is 0 Å². The third-order valence-electron chi connectivity index (χ3n) is 2.92. The summed E-state index contributed by atoms with van der Waals surface area (Å²) in [4.78, 5) is 23.0. The summed E-state index contributed by atoms with van der Waals surface area (Å²) in [6.07, 6.45) is 0.275. The van der Waals surface area contributed by atoms with Gasteiger partial charge in [0.25, 0.3) is 0 Å². The highest BCUT2D eigenvalue weighted by Gasteiger charge is 2.20. The van der Waals surface area contributed by atoms with Gasteiger partial charge in [-0.25, -0.2) is 9.59 Å². The molecule has 0 saturated heterocycles. The molecular weight excluding hydrogens is 288 g/mol. The van der Waals surface area contributed by atoms with Gasteiger partial charge in [0.2, 0.25) is 0 Å². The van der Waals surface area contributed by atoms with Crippen molar-refractivity contribution in [3.05, 3.63) is 58.3 Å². The summed E-state index contributed by atoms with van der Waals surface area (Å²) in [7, 11) is 0. The largest absolute Gasteiger partial charge is 0.480 e. The van der Waals surface area contributed by atoms with Crippen molar-refractivity contribution in [3.8, 4) is 0 Å². The minimum absolute atomic E-state index is 0.275. The van der Waals surface area contributed by atoms with E-state index in [0.29, 0.717) is 6.54 Å². The molecule has 3 N–H and O–H groups in total. The first kappa shape index (κ1) is 15.1. The zero-order valence-electron chi connectivity index (χ0n) is 11.3. The Kier molecular flexibility index (Phi) is 5.34. The van der Waals surface area contributed by atoms with Crippen LogP contribution >= 0.6 is 11.3 Å². The average Bonchev–Trinajstić information content (AvgIpc) is 2.98. The minimum atomic E-state index is -1.05. The normalized spacial score (nSPS) is 11.6. The van der Waals surface area contributed by atoms with Crippen molar-refractivity contribution < 1.29 is 14.7 Å². The monoisotopic (exact) mass is 304 g/mol. The van der Waals surface area contributed by atoms with Crippen LogP contribution in [0.15, 0.2) is 47.2 Å². The van der Waals surface area contributed by atoms with E-state index in [2.05, 4.69) is 10.6 Å². The summed E-state index contributed by atoms with van der Waals surface area (Å²) in [6, 6.07) is 9.86. The number of hydrogen-bond acceptors (Lipinski definition) is 3. The molecule has 0 aliphatic rings. The standard InChI is InChI=1S/C15H16N2O3S/c18-14(19)13(8-12-6-7-21-10-12)17-15(20)16-9-11-4-2-1-3-5-11/h1-7,10,13H,8-9H2,(H,18,19)(H2,16,17,20).